The Balaban J connectivity index is 1.38. The molecule has 1 unspecified atom stereocenters. The first-order chi connectivity index (χ1) is 10.5. The van der Waals surface area contributed by atoms with Gasteiger partial charge >= 0.3 is 0 Å². The smallest absolute Gasteiger partial charge is 0.228 e. The lowest BCUT2D eigenvalue weighted by molar-refractivity contribution is -0.117. The number of benzene rings is 1. The molecule has 1 aromatic carbocycles. The summed E-state index contributed by atoms with van der Waals surface area (Å²) in [5, 5.41) is 3.64. The van der Waals surface area contributed by atoms with E-state index in [2.05, 4.69) is 5.32 Å². The van der Waals surface area contributed by atoms with Crippen molar-refractivity contribution in [1.82, 2.24) is 0 Å². The highest BCUT2D eigenvalue weighted by atomic mass is 35.5. The summed E-state index contributed by atoms with van der Waals surface area (Å²) >= 11 is 18.6. The lowest BCUT2D eigenvalue weighted by Crippen LogP contribution is -2.15. The highest BCUT2D eigenvalue weighted by Gasteiger charge is 2.65. The van der Waals surface area contributed by atoms with Crippen molar-refractivity contribution in [2.75, 3.05) is 5.32 Å². The van der Waals surface area contributed by atoms with Crippen LogP contribution in [0.3, 0.4) is 0 Å². The van der Waals surface area contributed by atoms with Gasteiger partial charge in [0.05, 0.1) is 0 Å². The SMILES string of the molecule is O=C(Nc1cccc(Cl)c1)C1[C@@H]2CC[C@@H]3[C@H](CC[C@@H]12)C3(Cl)Cl. The first kappa shape index (κ1) is 15.1. The van der Waals surface area contributed by atoms with Gasteiger partial charge in [0.1, 0.15) is 4.33 Å². The van der Waals surface area contributed by atoms with Crippen molar-refractivity contribution in [3.8, 4) is 0 Å². The third-order valence-electron chi connectivity index (χ3n) is 5.71. The molecule has 3 aliphatic carbocycles. The number of halogens is 3. The van der Waals surface area contributed by atoms with Gasteiger partial charge in [0, 0.05) is 16.6 Å². The van der Waals surface area contributed by atoms with Gasteiger partial charge in [-0.25, -0.2) is 0 Å². The number of nitrogens with one attached hydrogen (secondary N) is 1. The van der Waals surface area contributed by atoms with Crippen LogP contribution in [0.4, 0.5) is 5.69 Å². The number of anilines is 1. The molecule has 3 fully saturated rings. The van der Waals surface area contributed by atoms with Gasteiger partial charge in [-0.2, -0.15) is 0 Å². The lowest BCUT2D eigenvalue weighted by Gasteiger charge is -2.05. The van der Waals surface area contributed by atoms with E-state index in [1.165, 1.54) is 0 Å². The van der Waals surface area contributed by atoms with Gasteiger partial charge in [-0.1, -0.05) is 17.7 Å². The summed E-state index contributed by atoms with van der Waals surface area (Å²) in [5.74, 6) is 2.17. The molecule has 0 aliphatic heterocycles. The lowest BCUT2D eigenvalue weighted by atomic mass is 10.0. The van der Waals surface area contributed by atoms with Crippen LogP contribution in [-0.2, 0) is 4.79 Å². The van der Waals surface area contributed by atoms with Gasteiger partial charge in [0.2, 0.25) is 5.91 Å². The summed E-state index contributed by atoms with van der Waals surface area (Å²) in [6, 6.07) is 7.31. The molecule has 0 heterocycles. The second-order valence-corrected chi connectivity index (χ2v) is 8.78. The summed E-state index contributed by atoms with van der Waals surface area (Å²) in [6.45, 7) is 0. The number of carbonyl (C=O) groups is 1. The second-order valence-electron chi connectivity index (χ2n) is 6.90. The maximum absolute atomic E-state index is 12.5. The predicted molar refractivity (Wildman–Crippen MR) is 90.4 cm³/mol. The molecule has 1 amide bonds. The van der Waals surface area contributed by atoms with E-state index in [1.54, 1.807) is 12.1 Å². The van der Waals surface area contributed by atoms with Crippen LogP contribution in [0.2, 0.25) is 5.02 Å². The van der Waals surface area contributed by atoms with Crippen molar-refractivity contribution in [2.45, 2.75) is 30.0 Å². The minimum Gasteiger partial charge on any atom is -0.326 e. The van der Waals surface area contributed by atoms with Gasteiger partial charge in [0.15, 0.2) is 0 Å². The Hall–Kier alpha value is -0.440. The molecule has 0 radical (unpaired) electrons. The zero-order valence-electron chi connectivity index (χ0n) is 12.1. The molecule has 1 N–H and O–H groups in total. The van der Waals surface area contributed by atoms with Crippen LogP contribution in [0.5, 0.6) is 0 Å². The molecule has 118 valence electrons. The number of carbonyl (C=O) groups excluding carboxylic acids is 1. The maximum Gasteiger partial charge on any atom is 0.228 e. The first-order valence-corrected chi connectivity index (χ1v) is 9.06. The summed E-state index contributed by atoms with van der Waals surface area (Å²) in [7, 11) is 0. The normalized spacial score (nSPS) is 38.0. The molecule has 3 aliphatic rings. The van der Waals surface area contributed by atoms with E-state index in [0.29, 0.717) is 28.7 Å². The van der Waals surface area contributed by atoms with Gasteiger partial charge in [-0.05, 0) is 67.6 Å². The van der Waals surface area contributed by atoms with E-state index in [4.69, 9.17) is 34.8 Å². The molecule has 1 aromatic rings. The van der Waals surface area contributed by atoms with Crippen molar-refractivity contribution >= 4 is 46.4 Å². The van der Waals surface area contributed by atoms with Gasteiger partial charge in [0.25, 0.3) is 0 Å². The largest absolute Gasteiger partial charge is 0.326 e. The number of amides is 1. The van der Waals surface area contributed by atoms with Crippen molar-refractivity contribution in [3.63, 3.8) is 0 Å². The molecular weight excluding hydrogens is 341 g/mol. The van der Waals surface area contributed by atoms with Crippen LogP contribution in [0, 0.1) is 29.6 Å². The molecule has 0 saturated heterocycles. The predicted octanol–water partition coefficient (Wildman–Crippen LogP) is 5.13. The number of hydrogen-bond acceptors (Lipinski definition) is 1. The summed E-state index contributed by atoms with van der Waals surface area (Å²) in [6.07, 6.45) is 4.25. The topological polar surface area (TPSA) is 29.1 Å². The Morgan fingerprint density at radius 3 is 2.32 bits per heavy atom. The minimum absolute atomic E-state index is 0.135. The average molecular weight is 359 g/mol. The molecule has 3 saturated carbocycles. The van der Waals surface area contributed by atoms with E-state index in [1.807, 2.05) is 12.1 Å². The average Bonchev–Trinajstić information content (AvgIpc) is 3.23. The van der Waals surface area contributed by atoms with Crippen LogP contribution in [0.1, 0.15) is 25.7 Å². The van der Waals surface area contributed by atoms with E-state index in [0.717, 1.165) is 31.4 Å². The summed E-state index contributed by atoms with van der Waals surface area (Å²) in [4.78, 5) is 12.5. The van der Waals surface area contributed by atoms with Gasteiger partial charge in [-0.3, -0.25) is 4.79 Å². The molecule has 0 aromatic heterocycles. The third-order valence-corrected chi connectivity index (χ3v) is 7.07. The fourth-order valence-electron chi connectivity index (χ4n) is 4.40. The molecule has 5 atom stereocenters. The summed E-state index contributed by atoms with van der Waals surface area (Å²) < 4.78 is -0.491. The number of fused-ring (bicyclic) bond motifs is 2. The Morgan fingerprint density at radius 2 is 1.73 bits per heavy atom. The fraction of sp³-hybridized carbons (Fsp3) is 0.588. The number of alkyl halides is 2. The van der Waals surface area contributed by atoms with Crippen LogP contribution in [-0.4, -0.2) is 10.2 Å². The summed E-state index contributed by atoms with van der Waals surface area (Å²) in [5.41, 5.74) is 0.778. The fourth-order valence-corrected chi connectivity index (χ4v) is 5.51. The van der Waals surface area contributed by atoms with Crippen LogP contribution in [0.15, 0.2) is 24.3 Å². The van der Waals surface area contributed by atoms with E-state index < -0.39 is 4.33 Å². The van der Waals surface area contributed by atoms with Crippen molar-refractivity contribution in [3.05, 3.63) is 29.3 Å². The Bertz CT molecular complexity index is 596. The standard InChI is InChI=1S/C17H18Cl3NO/c18-9-2-1-3-10(8-9)21-16(22)15-11-4-6-13-14(17(13,19)20)7-5-12(11)15/h1-3,8,11-15H,4-7H2,(H,21,22)/t11-,12-,13-,14+,15?/m1/s1. The maximum atomic E-state index is 12.5. The number of hydrogen-bond donors (Lipinski definition) is 1. The van der Waals surface area contributed by atoms with Crippen LogP contribution >= 0.6 is 34.8 Å². The molecule has 22 heavy (non-hydrogen) atoms. The van der Waals surface area contributed by atoms with Crippen LogP contribution < -0.4 is 5.32 Å². The van der Waals surface area contributed by atoms with E-state index >= 15 is 0 Å². The van der Waals surface area contributed by atoms with Crippen LogP contribution in [0.25, 0.3) is 0 Å². The zero-order chi connectivity index (χ0) is 15.5. The zero-order valence-corrected chi connectivity index (χ0v) is 14.3. The van der Waals surface area contributed by atoms with E-state index in [-0.39, 0.29) is 11.8 Å². The highest BCUT2D eigenvalue weighted by Crippen LogP contribution is 2.67. The molecule has 4 rings (SSSR count). The molecular formula is C17H18Cl3NO. The highest BCUT2D eigenvalue weighted by molar-refractivity contribution is 6.51. The second kappa shape index (κ2) is 5.29. The molecule has 5 heteroatoms. The van der Waals surface area contributed by atoms with Crippen molar-refractivity contribution < 1.29 is 4.79 Å². The Kier molecular flexibility index (Phi) is 3.63. The molecule has 0 bridgehead atoms. The number of rotatable bonds is 2. The first-order valence-electron chi connectivity index (χ1n) is 7.92. The minimum atomic E-state index is -0.491. The van der Waals surface area contributed by atoms with Crippen molar-refractivity contribution in [2.24, 2.45) is 29.6 Å². The Morgan fingerprint density at radius 1 is 1.09 bits per heavy atom. The quantitative estimate of drug-likeness (QED) is 0.729. The monoisotopic (exact) mass is 357 g/mol. The Labute approximate surface area is 145 Å². The van der Waals surface area contributed by atoms with Crippen molar-refractivity contribution in [1.29, 1.82) is 0 Å². The van der Waals surface area contributed by atoms with E-state index in [9.17, 15) is 4.79 Å². The van der Waals surface area contributed by atoms with Gasteiger partial charge in [-0.15, -0.1) is 23.2 Å². The third kappa shape index (κ3) is 2.53. The van der Waals surface area contributed by atoms with Gasteiger partial charge < -0.3 is 5.32 Å². The molecule has 0 spiro atoms. The molecule has 2 nitrogen and oxygen atoms in total.